The van der Waals surface area contributed by atoms with Crippen LogP contribution in [0.2, 0.25) is 0 Å². The Balaban J connectivity index is 2.25. The monoisotopic (exact) mass is 347 g/mol. The molecule has 0 aliphatic carbocycles. The van der Waals surface area contributed by atoms with Crippen LogP contribution in [-0.4, -0.2) is 17.4 Å². The lowest BCUT2D eigenvalue weighted by molar-refractivity contribution is 0.102. The van der Waals surface area contributed by atoms with E-state index in [0.29, 0.717) is 11.4 Å². The van der Waals surface area contributed by atoms with Gasteiger partial charge in [0.2, 0.25) is 0 Å². The minimum Gasteiger partial charge on any atom is -0.384 e. The van der Waals surface area contributed by atoms with Crippen LogP contribution < -0.4 is 10.6 Å². The Hall–Kier alpha value is -1.88. The lowest BCUT2D eigenvalue weighted by atomic mass is 10.1. The maximum atomic E-state index is 12.5. The summed E-state index contributed by atoms with van der Waals surface area (Å²) in [5.41, 5.74) is 2.51. The fraction of sp³-hybridized carbons (Fsp3) is 0.250. The van der Waals surface area contributed by atoms with Crippen molar-refractivity contribution in [3.8, 4) is 0 Å². The Kier molecular flexibility index (Phi) is 5.33. The average molecular weight is 348 g/mol. The van der Waals surface area contributed by atoms with Crippen molar-refractivity contribution in [1.82, 2.24) is 4.98 Å². The summed E-state index contributed by atoms with van der Waals surface area (Å²) in [4.78, 5) is 16.6. The zero-order valence-electron chi connectivity index (χ0n) is 12.1. The summed E-state index contributed by atoms with van der Waals surface area (Å²) in [6.07, 6.45) is 2.65. The van der Waals surface area contributed by atoms with E-state index in [-0.39, 0.29) is 5.91 Å². The molecule has 0 radical (unpaired) electrons. The van der Waals surface area contributed by atoms with Gasteiger partial charge in [-0.1, -0.05) is 18.6 Å². The maximum absolute atomic E-state index is 12.5. The number of hydrogen-bond acceptors (Lipinski definition) is 3. The molecule has 1 aromatic heterocycles. The second-order valence-electron chi connectivity index (χ2n) is 4.76. The molecule has 5 heteroatoms. The number of aromatic nitrogens is 1. The molecule has 21 heavy (non-hydrogen) atoms. The van der Waals surface area contributed by atoms with Gasteiger partial charge in [-0.05, 0) is 53.5 Å². The minimum absolute atomic E-state index is 0.170. The van der Waals surface area contributed by atoms with Crippen LogP contribution in [0, 0.1) is 6.92 Å². The van der Waals surface area contributed by atoms with Gasteiger partial charge in [0.1, 0.15) is 5.82 Å². The van der Waals surface area contributed by atoms with Crippen LogP contribution >= 0.6 is 15.9 Å². The number of carbonyl (C=O) groups excluding carboxylic acids is 1. The quantitative estimate of drug-likeness (QED) is 0.850. The molecule has 1 heterocycles. The average Bonchev–Trinajstić information content (AvgIpc) is 2.48. The molecule has 0 spiro atoms. The van der Waals surface area contributed by atoms with Gasteiger partial charge in [0.05, 0.1) is 10.0 Å². The molecule has 0 aliphatic heterocycles. The Labute approximate surface area is 133 Å². The highest BCUT2D eigenvalue weighted by Gasteiger charge is 2.13. The molecule has 110 valence electrons. The van der Waals surface area contributed by atoms with E-state index >= 15 is 0 Å². The van der Waals surface area contributed by atoms with E-state index in [2.05, 4.69) is 38.5 Å². The standard InChI is InChI=1S/C16H18BrN3O/c1-3-8-18-14-7-6-11(2)10-12(14)16(21)20-15-13(17)5-4-9-19-15/h4-7,9-10,18H,3,8H2,1-2H3,(H,19,20,21). The smallest absolute Gasteiger partial charge is 0.258 e. The van der Waals surface area contributed by atoms with E-state index in [1.54, 1.807) is 12.3 Å². The van der Waals surface area contributed by atoms with Gasteiger partial charge in [-0.15, -0.1) is 0 Å². The predicted octanol–water partition coefficient (Wildman–Crippen LogP) is 4.23. The number of nitrogens with one attached hydrogen (secondary N) is 2. The number of benzene rings is 1. The van der Waals surface area contributed by atoms with Crippen LogP contribution in [0.5, 0.6) is 0 Å². The van der Waals surface area contributed by atoms with E-state index < -0.39 is 0 Å². The van der Waals surface area contributed by atoms with Crippen molar-refractivity contribution in [1.29, 1.82) is 0 Å². The van der Waals surface area contributed by atoms with Gasteiger partial charge in [-0.2, -0.15) is 0 Å². The van der Waals surface area contributed by atoms with E-state index in [9.17, 15) is 4.79 Å². The third kappa shape index (κ3) is 4.04. The second kappa shape index (κ2) is 7.22. The number of rotatable bonds is 5. The van der Waals surface area contributed by atoms with Gasteiger partial charge in [0.15, 0.2) is 0 Å². The van der Waals surface area contributed by atoms with Crippen molar-refractivity contribution in [3.63, 3.8) is 0 Å². The van der Waals surface area contributed by atoms with Crippen molar-refractivity contribution >= 4 is 33.3 Å². The molecule has 2 rings (SSSR count). The van der Waals surface area contributed by atoms with E-state index in [0.717, 1.165) is 28.7 Å². The largest absolute Gasteiger partial charge is 0.384 e. The molecule has 0 unspecified atom stereocenters. The minimum atomic E-state index is -0.170. The summed E-state index contributed by atoms with van der Waals surface area (Å²) < 4.78 is 0.758. The number of pyridine rings is 1. The van der Waals surface area contributed by atoms with Crippen molar-refractivity contribution in [2.24, 2.45) is 0 Å². The lowest BCUT2D eigenvalue weighted by Crippen LogP contribution is -2.16. The summed E-state index contributed by atoms with van der Waals surface area (Å²) in [5, 5.41) is 6.11. The molecular formula is C16H18BrN3O. The normalized spacial score (nSPS) is 10.2. The van der Waals surface area contributed by atoms with Gasteiger partial charge in [0.25, 0.3) is 5.91 Å². The molecule has 2 aromatic rings. The number of halogens is 1. The van der Waals surface area contributed by atoms with E-state index in [4.69, 9.17) is 0 Å². The first-order chi connectivity index (χ1) is 10.1. The van der Waals surface area contributed by atoms with Gasteiger partial charge >= 0.3 is 0 Å². The fourth-order valence-corrected chi connectivity index (χ4v) is 2.27. The molecule has 1 aromatic carbocycles. The Bertz CT molecular complexity index is 643. The number of amides is 1. The molecule has 4 nitrogen and oxygen atoms in total. The summed E-state index contributed by atoms with van der Waals surface area (Å²) in [6.45, 7) is 4.89. The van der Waals surface area contributed by atoms with Gasteiger partial charge in [-0.3, -0.25) is 4.79 Å². The second-order valence-corrected chi connectivity index (χ2v) is 5.62. The van der Waals surface area contributed by atoms with Crippen LogP contribution in [0.3, 0.4) is 0 Å². The van der Waals surface area contributed by atoms with Gasteiger partial charge < -0.3 is 10.6 Å². The number of anilines is 2. The van der Waals surface area contributed by atoms with Crippen LogP contribution in [0.1, 0.15) is 29.3 Å². The highest BCUT2D eigenvalue weighted by Crippen LogP contribution is 2.22. The predicted molar refractivity (Wildman–Crippen MR) is 89.8 cm³/mol. The highest BCUT2D eigenvalue weighted by atomic mass is 79.9. The van der Waals surface area contributed by atoms with Crippen LogP contribution in [0.4, 0.5) is 11.5 Å². The number of hydrogen-bond donors (Lipinski definition) is 2. The van der Waals surface area contributed by atoms with E-state index in [1.807, 2.05) is 31.2 Å². The van der Waals surface area contributed by atoms with Crippen LogP contribution in [0.15, 0.2) is 41.0 Å². The first-order valence-electron chi connectivity index (χ1n) is 6.88. The third-order valence-corrected chi connectivity index (χ3v) is 3.62. The fourth-order valence-electron chi connectivity index (χ4n) is 1.91. The molecule has 0 saturated heterocycles. The molecule has 0 saturated carbocycles. The first-order valence-corrected chi connectivity index (χ1v) is 7.67. The molecule has 1 amide bonds. The molecule has 0 atom stereocenters. The topological polar surface area (TPSA) is 54.0 Å². The van der Waals surface area contributed by atoms with E-state index in [1.165, 1.54) is 0 Å². The Morgan fingerprint density at radius 1 is 1.33 bits per heavy atom. The first kappa shape index (κ1) is 15.5. The molecular weight excluding hydrogens is 330 g/mol. The van der Waals surface area contributed by atoms with Crippen LogP contribution in [-0.2, 0) is 0 Å². The summed E-state index contributed by atoms with van der Waals surface area (Å²) >= 11 is 3.38. The highest BCUT2D eigenvalue weighted by molar-refractivity contribution is 9.10. The van der Waals surface area contributed by atoms with Crippen molar-refractivity contribution in [2.75, 3.05) is 17.2 Å². The maximum Gasteiger partial charge on any atom is 0.258 e. The molecule has 0 fully saturated rings. The summed E-state index contributed by atoms with van der Waals surface area (Å²) in [7, 11) is 0. The van der Waals surface area contributed by atoms with Crippen LogP contribution in [0.25, 0.3) is 0 Å². The third-order valence-electron chi connectivity index (χ3n) is 2.98. The molecule has 0 aliphatic rings. The zero-order chi connectivity index (χ0) is 15.2. The summed E-state index contributed by atoms with van der Waals surface area (Å²) in [5.74, 6) is 0.349. The van der Waals surface area contributed by atoms with Crippen molar-refractivity contribution in [3.05, 3.63) is 52.1 Å². The molecule has 2 N–H and O–H groups in total. The van der Waals surface area contributed by atoms with Crippen molar-refractivity contribution < 1.29 is 4.79 Å². The summed E-state index contributed by atoms with van der Waals surface area (Å²) in [6, 6.07) is 9.46. The van der Waals surface area contributed by atoms with Gasteiger partial charge in [-0.25, -0.2) is 4.98 Å². The molecule has 0 bridgehead atoms. The lowest BCUT2D eigenvalue weighted by Gasteiger charge is -2.13. The number of carbonyl (C=O) groups is 1. The Morgan fingerprint density at radius 2 is 2.14 bits per heavy atom. The SMILES string of the molecule is CCCNc1ccc(C)cc1C(=O)Nc1ncccc1Br. The number of nitrogens with zero attached hydrogens (tertiary/aromatic N) is 1. The Morgan fingerprint density at radius 3 is 2.86 bits per heavy atom. The zero-order valence-corrected chi connectivity index (χ0v) is 13.7. The number of aryl methyl sites for hydroxylation is 1. The van der Waals surface area contributed by atoms with Gasteiger partial charge in [0, 0.05) is 18.4 Å². The van der Waals surface area contributed by atoms with Crippen molar-refractivity contribution in [2.45, 2.75) is 20.3 Å².